The van der Waals surface area contributed by atoms with Crippen LogP contribution >= 0.6 is 0 Å². The molecule has 0 N–H and O–H groups in total. The third kappa shape index (κ3) is 2.65. The molecule has 1 aliphatic rings. The zero-order chi connectivity index (χ0) is 14.3. The largest absolute Gasteiger partial charge is 0.494 e. The first kappa shape index (κ1) is 14.4. The molecule has 3 nitrogen and oxygen atoms in total. The summed E-state index contributed by atoms with van der Waals surface area (Å²) < 4.78 is 17.6. The molecule has 1 fully saturated rings. The van der Waals surface area contributed by atoms with E-state index in [1.54, 1.807) is 0 Å². The van der Waals surface area contributed by atoms with Crippen molar-refractivity contribution < 1.29 is 14.0 Å². The summed E-state index contributed by atoms with van der Waals surface area (Å²) in [5.41, 5.74) is 1.54. The van der Waals surface area contributed by atoms with E-state index < -0.39 is 0 Å². The minimum Gasteiger partial charge on any atom is -0.494 e. The van der Waals surface area contributed by atoms with Crippen LogP contribution in [0, 0.1) is 6.92 Å². The molecule has 0 saturated carbocycles. The lowest BCUT2D eigenvalue weighted by Crippen LogP contribution is -2.41. The molecule has 1 heterocycles. The van der Waals surface area contributed by atoms with Crippen LogP contribution in [0.5, 0.6) is 5.75 Å². The fourth-order valence-electron chi connectivity index (χ4n) is 2.12. The Morgan fingerprint density at radius 2 is 1.68 bits per heavy atom. The van der Waals surface area contributed by atoms with Crippen molar-refractivity contribution in [1.29, 1.82) is 0 Å². The van der Waals surface area contributed by atoms with E-state index in [1.807, 2.05) is 26.0 Å². The number of aryl methyl sites for hydroxylation is 1. The Hall–Kier alpha value is -0.995. The minimum atomic E-state index is -0.306. The molecule has 2 rings (SSSR count). The maximum atomic E-state index is 6.04. The van der Waals surface area contributed by atoms with Gasteiger partial charge in [0.05, 0.1) is 17.8 Å². The molecule has 0 amide bonds. The number of benzene rings is 1. The van der Waals surface area contributed by atoms with Crippen LogP contribution in [-0.2, 0) is 9.31 Å². The number of rotatable bonds is 3. The van der Waals surface area contributed by atoms with Gasteiger partial charge in [-0.1, -0.05) is 12.1 Å². The molecule has 1 aromatic rings. The Morgan fingerprint density at radius 1 is 1.11 bits per heavy atom. The first-order chi connectivity index (χ1) is 8.77. The predicted octanol–water partition coefficient (Wildman–Crippen LogP) is 2.69. The molecule has 0 spiro atoms. The summed E-state index contributed by atoms with van der Waals surface area (Å²) >= 11 is 0. The molecule has 0 radical (unpaired) electrons. The van der Waals surface area contributed by atoms with Crippen molar-refractivity contribution in [3.05, 3.63) is 23.8 Å². The highest BCUT2D eigenvalue weighted by atomic mass is 16.7. The second-order valence-corrected chi connectivity index (χ2v) is 6.05. The molecule has 19 heavy (non-hydrogen) atoms. The van der Waals surface area contributed by atoms with Gasteiger partial charge in [0.25, 0.3) is 0 Å². The fraction of sp³-hybridized carbons (Fsp3) is 0.600. The van der Waals surface area contributed by atoms with Crippen molar-refractivity contribution in [3.63, 3.8) is 0 Å². The molecule has 0 bridgehead atoms. The quantitative estimate of drug-likeness (QED) is 0.784. The zero-order valence-corrected chi connectivity index (χ0v) is 12.7. The lowest BCUT2D eigenvalue weighted by atomic mass is 9.78. The maximum Gasteiger partial charge on any atom is 0.494 e. The van der Waals surface area contributed by atoms with Gasteiger partial charge in [0.15, 0.2) is 0 Å². The first-order valence-corrected chi connectivity index (χ1v) is 6.86. The molecule has 104 valence electrons. The van der Waals surface area contributed by atoms with Gasteiger partial charge < -0.3 is 14.0 Å². The molecule has 0 aromatic heterocycles. The van der Waals surface area contributed by atoms with Gasteiger partial charge in [-0.05, 0) is 58.6 Å². The highest BCUT2D eigenvalue weighted by Crippen LogP contribution is 2.36. The lowest BCUT2D eigenvalue weighted by molar-refractivity contribution is 0.00578. The van der Waals surface area contributed by atoms with Crippen molar-refractivity contribution in [2.45, 2.75) is 52.7 Å². The van der Waals surface area contributed by atoms with Gasteiger partial charge in [0, 0.05) is 0 Å². The van der Waals surface area contributed by atoms with Crippen LogP contribution in [0.25, 0.3) is 0 Å². The monoisotopic (exact) mass is 262 g/mol. The third-order valence-electron chi connectivity index (χ3n) is 4.02. The molecular weight excluding hydrogens is 239 g/mol. The number of hydrogen-bond donors (Lipinski definition) is 0. The Morgan fingerprint density at radius 3 is 2.16 bits per heavy atom. The fourth-order valence-corrected chi connectivity index (χ4v) is 2.12. The molecule has 1 aromatic carbocycles. The van der Waals surface area contributed by atoms with Crippen LogP contribution in [0.4, 0.5) is 0 Å². The summed E-state index contributed by atoms with van der Waals surface area (Å²) in [5.74, 6) is 0.919. The molecule has 0 aliphatic carbocycles. The maximum absolute atomic E-state index is 6.04. The summed E-state index contributed by atoms with van der Waals surface area (Å²) in [4.78, 5) is 0. The molecule has 4 heteroatoms. The van der Waals surface area contributed by atoms with Crippen LogP contribution in [0.15, 0.2) is 18.2 Å². The van der Waals surface area contributed by atoms with E-state index in [-0.39, 0.29) is 18.3 Å². The number of hydrogen-bond acceptors (Lipinski definition) is 3. The Bertz CT molecular complexity index is 452. The third-order valence-corrected chi connectivity index (χ3v) is 4.02. The van der Waals surface area contributed by atoms with Crippen molar-refractivity contribution >= 4 is 12.6 Å². The van der Waals surface area contributed by atoms with Crippen LogP contribution in [0.3, 0.4) is 0 Å². The normalized spacial score (nSPS) is 20.6. The van der Waals surface area contributed by atoms with Crippen molar-refractivity contribution in [1.82, 2.24) is 0 Å². The molecule has 0 atom stereocenters. The zero-order valence-electron chi connectivity index (χ0n) is 12.7. The van der Waals surface area contributed by atoms with Gasteiger partial charge in [-0.15, -0.1) is 0 Å². The average Bonchev–Trinajstić information content (AvgIpc) is 2.51. The van der Waals surface area contributed by atoms with E-state index in [0.29, 0.717) is 6.61 Å². The van der Waals surface area contributed by atoms with E-state index >= 15 is 0 Å². The van der Waals surface area contributed by atoms with Gasteiger partial charge in [0.1, 0.15) is 5.75 Å². The standard InChI is InChI=1S/C15H23BO3/c1-7-17-13-9-8-12(10-11(13)2)16-18-14(3,4)15(5,6)19-16/h8-10H,7H2,1-6H3. The molecular formula is C15H23BO3. The van der Waals surface area contributed by atoms with E-state index in [4.69, 9.17) is 14.0 Å². The summed E-state index contributed by atoms with van der Waals surface area (Å²) in [7, 11) is -0.306. The van der Waals surface area contributed by atoms with E-state index in [1.165, 1.54) is 0 Å². The first-order valence-electron chi connectivity index (χ1n) is 6.86. The highest BCUT2D eigenvalue weighted by Gasteiger charge is 2.51. The van der Waals surface area contributed by atoms with Crippen LogP contribution in [0.1, 0.15) is 40.2 Å². The van der Waals surface area contributed by atoms with Gasteiger partial charge in [-0.25, -0.2) is 0 Å². The molecule has 1 saturated heterocycles. The SMILES string of the molecule is CCOc1ccc(B2OC(C)(C)C(C)(C)O2)cc1C. The minimum absolute atomic E-state index is 0.301. The van der Waals surface area contributed by atoms with Crippen molar-refractivity contribution in [3.8, 4) is 5.75 Å². The van der Waals surface area contributed by atoms with E-state index in [9.17, 15) is 0 Å². The topological polar surface area (TPSA) is 27.7 Å². The van der Waals surface area contributed by atoms with Crippen LogP contribution in [-0.4, -0.2) is 24.9 Å². The highest BCUT2D eigenvalue weighted by molar-refractivity contribution is 6.62. The van der Waals surface area contributed by atoms with Gasteiger partial charge in [-0.2, -0.15) is 0 Å². The lowest BCUT2D eigenvalue weighted by Gasteiger charge is -2.32. The van der Waals surface area contributed by atoms with E-state index in [0.717, 1.165) is 16.8 Å². The van der Waals surface area contributed by atoms with E-state index in [2.05, 4.69) is 33.8 Å². The summed E-state index contributed by atoms with van der Waals surface area (Å²) in [6.07, 6.45) is 0. The van der Waals surface area contributed by atoms with Gasteiger partial charge in [-0.3, -0.25) is 0 Å². The van der Waals surface area contributed by atoms with Crippen molar-refractivity contribution in [2.75, 3.05) is 6.61 Å². The average molecular weight is 262 g/mol. The van der Waals surface area contributed by atoms with Crippen LogP contribution in [0.2, 0.25) is 0 Å². The Balaban J connectivity index is 2.23. The van der Waals surface area contributed by atoms with Gasteiger partial charge in [0.2, 0.25) is 0 Å². The summed E-state index contributed by atoms with van der Waals surface area (Å²) in [6.45, 7) is 13.0. The second-order valence-electron chi connectivity index (χ2n) is 6.05. The molecule has 1 aliphatic heterocycles. The van der Waals surface area contributed by atoms with Gasteiger partial charge >= 0.3 is 7.12 Å². The Kier molecular flexibility index (Phi) is 3.67. The second kappa shape index (κ2) is 4.84. The van der Waals surface area contributed by atoms with Crippen molar-refractivity contribution in [2.24, 2.45) is 0 Å². The smallest absolute Gasteiger partial charge is 0.494 e. The summed E-state index contributed by atoms with van der Waals surface area (Å²) in [5, 5.41) is 0. The summed E-state index contributed by atoms with van der Waals surface area (Å²) in [6, 6.07) is 6.08. The number of ether oxygens (including phenoxy) is 1. The predicted molar refractivity (Wildman–Crippen MR) is 78.1 cm³/mol. The van der Waals surface area contributed by atoms with Crippen LogP contribution < -0.4 is 10.2 Å². The molecule has 0 unspecified atom stereocenters. The Labute approximate surface area is 116 Å².